The molecular formula is C13H13N3O4. The van der Waals surface area contributed by atoms with Gasteiger partial charge in [0.15, 0.2) is 6.61 Å². The molecule has 2 rings (SSSR count). The number of esters is 1. The number of ether oxygens (including phenoxy) is 2. The van der Waals surface area contributed by atoms with Gasteiger partial charge in [0, 0.05) is 18.1 Å². The third-order valence-corrected chi connectivity index (χ3v) is 2.43. The molecular weight excluding hydrogens is 262 g/mol. The largest absolute Gasteiger partial charge is 0.482 e. The Morgan fingerprint density at radius 3 is 2.65 bits per heavy atom. The molecule has 0 fully saturated rings. The van der Waals surface area contributed by atoms with E-state index >= 15 is 0 Å². The molecule has 0 unspecified atom stereocenters. The Balaban J connectivity index is 1.91. The van der Waals surface area contributed by atoms with Crippen LogP contribution in [0.3, 0.4) is 0 Å². The maximum Gasteiger partial charge on any atom is 0.343 e. The summed E-state index contributed by atoms with van der Waals surface area (Å²) in [5, 5.41) is 2.68. The van der Waals surface area contributed by atoms with Crippen LogP contribution in [0, 0.1) is 0 Å². The number of amides is 1. The normalized spacial score (nSPS) is 9.85. The van der Waals surface area contributed by atoms with Crippen LogP contribution in [0.1, 0.15) is 0 Å². The van der Waals surface area contributed by atoms with Gasteiger partial charge < -0.3 is 14.8 Å². The first-order chi connectivity index (χ1) is 9.69. The summed E-state index contributed by atoms with van der Waals surface area (Å²) < 4.78 is 11.0. The molecule has 104 valence electrons. The minimum Gasteiger partial charge on any atom is -0.482 e. The Hall–Kier alpha value is -2.83. The van der Waals surface area contributed by atoms with Gasteiger partial charge in [-0.3, -0.25) is 4.57 Å². The highest BCUT2D eigenvalue weighted by molar-refractivity contribution is 5.90. The Kier molecular flexibility index (Phi) is 4.33. The molecule has 20 heavy (non-hydrogen) atoms. The van der Waals surface area contributed by atoms with Gasteiger partial charge in [-0.1, -0.05) is 0 Å². The number of rotatable bonds is 4. The van der Waals surface area contributed by atoms with Crippen LogP contribution in [-0.2, 0) is 9.53 Å². The molecule has 1 aromatic heterocycles. The molecule has 1 amide bonds. The molecule has 0 bridgehead atoms. The second-order valence-corrected chi connectivity index (χ2v) is 3.79. The molecule has 0 radical (unpaired) electrons. The number of benzene rings is 1. The van der Waals surface area contributed by atoms with Crippen LogP contribution in [0.2, 0.25) is 0 Å². The van der Waals surface area contributed by atoms with Crippen molar-refractivity contribution in [3.8, 4) is 5.75 Å². The lowest BCUT2D eigenvalue weighted by Gasteiger charge is -2.07. The predicted octanol–water partition coefficient (Wildman–Crippen LogP) is 1.52. The second-order valence-electron chi connectivity index (χ2n) is 3.79. The van der Waals surface area contributed by atoms with Crippen molar-refractivity contribution in [2.24, 2.45) is 0 Å². The van der Waals surface area contributed by atoms with Crippen LogP contribution < -0.4 is 10.1 Å². The second kappa shape index (κ2) is 6.37. The van der Waals surface area contributed by atoms with E-state index < -0.39 is 5.97 Å². The number of hydrogen-bond acceptors (Lipinski definition) is 5. The van der Waals surface area contributed by atoms with Gasteiger partial charge in [0.1, 0.15) is 12.1 Å². The molecule has 7 nitrogen and oxygen atoms in total. The first-order valence-corrected chi connectivity index (χ1v) is 5.78. The van der Waals surface area contributed by atoms with E-state index in [1.165, 1.54) is 24.2 Å². The van der Waals surface area contributed by atoms with E-state index in [4.69, 9.17) is 4.74 Å². The highest BCUT2D eigenvalue weighted by atomic mass is 16.6. The molecule has 1 heterocycles. The lowest BCUT2D eigenvalue weighted by atomic mass is 10.3. The Bertz CT molecular complexity index is 578. The van der Waals surface area contributed by atoms with Crippen molar-refractivity contribution >= 4 is 17.7 Å². The topological polar surface area (TPSA) is 82.5 Å². The number of aromatic nitrogens is 2. The quantitative estimate of drug-likeness (QED) is 0.855. The fraction of sp³-hybridized carbons (Fsp3) is 0.154. The van der Waals surface area contributed by atoms with E-state index in [0.29, 0.717) is 11.4 Å². The van der Waals surface area contributed by atoms with E-state index in [0.717, 1.165) is 0 Å². The van der Waals surface area contributed by atoms with Crippen LogP contribution in [0.4, 0.5) is 10.5 Å². The fourth-order valence-electron chi connectivity index (χ4n) is 1.40. The smallest absolute Gasteiger partial charge is 0.343 e. The van der Waals surface area contributed by atoms with Gasteiger partial charge in [-0.25, -0.2) is 14.6 Å². The molecule has 1 N–H and O–H groups in total. The van der Waals surface area contributed by atoms with Crippen LogP contribution >= 0.6 is 0 Å². The molecule has 0 saturated heterocycles. The zero-order valence-corrected chi connectivity index (χ0v) is 10.8. The average molecular weight is 275 g/mol. The highest BCUT2D eigenvalue weighted by Crippen LogP contribution is 2.15. The first-order valence-electron chi connectivity index (χ1n) is 5.78. The maximum absolute atomic E-state index is 11.7. The number of methoxy groups -OCH3 is 1. The summed E-state index contributed by atoms with van der Waals surface area (Å²) in [5.74, 6) is 0.0542. The molecule has 0 atom stereocenters. The van der Waals surface area contributed by atoms with Crippen LogP contribution in [0.25, 0.3) is 0 Å². The Morgan fingerprint density at radius 2 is 2.05 bits per heavy atom. The molecule has 1 aromatic carbocycles. The summed E-state index contributed by atoms with van der Waals surface area (Å²) in [7, 11) is 1.29. The van der Waals surface area contributed by atoms with Gasteiger partial charge >= 0.3 is 12.0 Å². The predicted molar refractivity (Wildman–Crippen MR) is 70.6 cm³/mol. The van der Waals surface area contributed by atoms with E-state index in [9.17, 15) is 9.59 Å². The standard InChI is InChI=1S/C13H13N3O4/c1-19-12(17)8-20-11-4-2-10(3-5-11)15-13(18)16-7-6-14-9-16/h2-7,9H,8H2,1H3,(H,15,18). The fourth-order valence-corrected chi connectivity index (χ4v) is 1.40. The molecule has 0 spiro atoms. The number of imidazole rings is 1. The van der Waals surface area contributed by atoms with Gasteiger partial charge in [-0.05, 0) is 24.3 Å². The number of hydrogen-bond donors (Lipinski definition) is 1. The third-order valence-electron chi connectivity index (χ3n) is 2.43. The van der Waals surface area contributed by atoms with Gasteiger partial charge in [-0.15, -0.1) is 0 Å². The van der Waals surface area contributed by atoms with Gasteiger partial charge in [-0.2, -0.15) is 0 Å². The van der Waals surface area contributed by atoms with Crippen molar-refractivity contribution in [1.82, 2.24) is 9.55 Å². The third kappa shape index (κ3) is 3.58. The van der Waals surface area contributed by atoms with Crippen molar-refractivity contribution < 1.29 is 19.1 Å². The van der Waals surface area contributed by atoms with Crippen LogP contribution in [0.15, 0.2) is 43.0 Å². The van der Waals surface area contributed by atoms with Gasteiger partial charge in [0.05, 0.1) is 7.11 Å². The van der Waals surface area contributed by atoms with Crippen molar-refractivity contribution in [1.29, 1.82) is 0 Å². The summed E-state index contributed by atoms with van der Waals surface area (Å²) in [4.78, 5) is 26.4. The number of nitrogens with zero attached hydrogens (tertiary/aromatic N) is 2. The molecule has 0 aliphatic carbocycles. The van der Waals surface area contributed by atoms with E-state index in [1.807, 2.05) is 0 Å². The van der Waals surface area contributed by atoms with Crippen molar-refractivity contribution in [2.75, 3.05) is 19.0 Å². The van der Waals surface area contributed by atoms with Crippen molar-refractivity contribution in [3.63, 3.8) is 0 Å². The average Bonchev–Trinajstić information content (AvgIpc) is 3.00. The molecule has 0 saturated carbocycles. The van der Waals surface area contributed by atoms with Gasteiger partial charge in [0.25, 0.3) is 0 Å². The molecule has 0 aliphatic rings. The maximum atomic E-state index is 11.7. The minimum atomic E-state index is -0.456. The zero-order valence-electron chi connectivity index (χ0n) is 10.8. The number of carbonyl (C=O) groups is 2. The summed E-state index contributed by atoms with van der Waals surface area (Å²) in [5.41, 5.74) is 0.606. The molecule has 0 aliphatic heterocycles. The zero-order chi connectivity index (χ0) is 14.4. The summed E-state index contributed by atoms with van der Waals surface area (Å²) >= 11 is 0. The molecule has 7 heteroatoms. The summed E-state index contributed by atoms with van der Waals surface area (Å²) in [6.07, 6.45) is 4.47. The van der Waals surface area contributed by atoms with E-state index in [-0.39, 0.29) is 12.6 Å². The monoisotopic (exact) mass is 275 g/mol. The summed E-state index contributed by atoms with van der Waals surface area (Å²) in [6, 6.07) is 6.31. The molecule has 2 aromatic rings. The minimum absolute atomic E-state index is 0.156. The van der Waals surface area contributed by atoms with Gasteiger partial charge in [0.2, 0.25) is 0 Å². The van der Waals surface area contributed by atoms with Crippen LogP contribution in [-0.4, -0.2) is 35.3 Å². The number of anilines is 1. The first kappa shape index (κ1) is 13.6. The lowest BCUT2D eigenvalue weighted by molar-refractivity contribution is -0.142. The lowest BCUT2D eigenvalue weighted by Crippen LogP contribution is -2.17. The van der Waals surface area contributed by atoms with Crippen molar-refractivity contribution in [3.05, 3.63) is 43.0 Å². The highest BCUT2D eigenvalue weighted by Gasteiger charge is 2.05. The van der Waals surface area contributed by atoms with E-state index in [1.54, 1.807) is 30.5 Å². The number of nitrogens with one attached hydrogen (secondary N) is 1. The Morgan fingerprint density at radius 1 is 1.30 bits per heavy atom. The SMILES string of the molecule is COC(=O)COc1ccc(NC(=O)n2ccnc2)cc1. The number of carbonyl (C=O) groups excluding carboxylic acids is 2. The summed E-state index contributed by atoms with van der Waals surface area (Å²) in [6.45, 7) is -0.156. The van der Waals surface area contributed by atoms with Crippen molar-refractivity contribution in [2.45, 2.75) is 0 Å². The Labute approximate surface area is 115 Å². The van der Waals surface area contributed by atoms with Crippen LogP contribution in [0.5, 0.6) is 5.75 Å². The van der Waals surface area contributed by atoms with E-state index in [2.05, 4.69) is 15.0 Å².